The normalized spacial score (nSPS) is 10.9. The quantitative estimate of drug-likeness (QED) is 0.563. The Balaban J connectivity index is 1.69. The minimum Gasteiger partial charge on any atom is -0.497 e. The molecule has 0 amide bonds. The Hall–Kier alpha value is -3.07. The van der Waals surface area contributed by atoms with Crippen LogP contribution in [0.3, 0.4) is 0 Å². The van der Waals surface area contributed by atoms with Crippen LogP contribution in [0, 0.1) is 6.92 Å². The zero-order chi connectivity index (χ0) is 16.5. The molecule has 4 rings (SSSR count). The van der Waals surface area contributed by atoms with Crippen molar-refractivity contribution in [3.05, 3.63) is 72.6 Å². The number of ether oxygens (including phenoxy) is 1. The van der Waals surface area contributed by atoms with E-state index in [0.717, 1.165) is 28.2 Å². The van der Waals surface area contributed by atoms with E-state index in [0.29, 0.717) is 0 Å². The van der Waals surface area contributed by atoms with E-state index < -0.39 is 0 Å². The molecule has 4 aromatic rings. The van der Waals surface area contributed by atoms with E-state index in [1.54, 1.807) is 7.11 Å². The van der Waals surface area contributed by atoms with E-state index in [1.165, 1.54) is 16.7 Å². The van der Waals surface area contributed by atoms with E-state index >= 15 is 0 Å². The van der Waals surface area contributed by atoms with Gasteiger partial charge in [-0.25, -0.2) is 4.98 Å². The maximum Gasteiger partial charge on any atom is 0.119 e. The molecule has 0 bridgehead atoms. The summed E-state index contributed by atoms with van der Waals surface area (Å²) in [5, 5.41) is 0. The van der Waals surface area contributed by atoms with Crippen LogP contribution in [0.2, 0.25) is 0 Å². The van der Waals surface area contributed by atoms with Crippen molar-refractivity contribution in [2.24, 2.45) is 0 Å². The Morgan fingerprint density at radius 1 is 0.792 bits per heavy atom. The lowest BCUT2D eigenvalue weighted by Gasteiger charge is -2.07. The molecule has 1 heterocycles. The third-order valence-corrected chi connectivity index (χ3v) is 4.22. The largest absolute Gasteiger partial charge is 0.497 e. The zero-order valence-corrected chi connectivity index (χ0v) is 13.7. The smallest absolute Gasteiger partial charge is 0.119 e. The molecule has 0 fully saturated rings. The number of aromatic amines is 1. The highest BCUT2D eigenvalue weighted by Gasteiger charge is 2.04. The van der Waals surface area contributed by atoms with Crippen molar-refractivity contribution in [2.75, 3.05) is 7.11 Å². The molecular weight excluding hydrogens is 296 g/mol. The molecule has 0 atom stereocenters. The van der Waals surface area contributed by atoms with Crippen molar-refractivity contribution in [2.45, 2.75) is 6.92 Å². The van der Waals surface area contributed by atoms with Crippen LogP contribution in [-0.4, -0.2) is 17.1 Å². The predicted octanol–water partition coefficient (Wildman–Crippen LogP) is 5.21. The fraction of sp³-hybridized carbons (Fsp3) is 0.0952. The Morgan fingerprint density at radius 2 is 1.46 bits per heavy atom. The number of nitrogens with one attached hydrogen (secondary N) is 1. The van der Waals surface area contributed by atoms with Gasteiger partial charge in [-0.3, -0.25) is 0 Å². The van der Waals surface area contributed by atoms with Crippen molar-refractivity contribution >= 4 is 11.0 Å². The summed E-state index contributed by atoms with van der Waals surface area (Å²) in [6.45, 7) is 1.97. The van der Waals surface area contributed by atoms with Crippen LogP contribution in [0.25, 0.3) is 33.3 Å². The van der Waals surface area contributed by atoms with E-state index in [4.69, 9.17) is 4.74 Å². The molecule has 3 heteroatoms. The summed E-state index contributed by atoms with van der Waals surface area (Å²) in [4.78, 5) is 7.74. The predicted molar refractivity (Wildman–Crippen MR) is 98.3 cm³/mol. The van der Waals surface area contributed by atoms with Crippen LogP contribution < -0.4 is 4.74 Å². The summed E-state index contributed by atoms with van der Waals surface area (Å²) in [6, 6.07) is 23.0. The number of fused-ring (bicyclic) bond motifs is 1. The molecule has 1 N–H and O–H groups in total. The second-order valence-electron chi connectivity index (χ2n) is 5.86. The monoisotopic (exact) mass is 314 g/mol. The van der Waals surface area contributed by atoms with E-state index in [2.05, 4.69) is 64.6 Å². The number of aryl methyl sites for hydroxylation is 1. The standard InChI is InChI=1S/C21H18N2O/c1-14-22-20-11-10-18(13-21(20)23-14)16-8-6-15(7-9-16)17-4-3-5-19(12-17)24-2/h3-13H,1-2H3,(H,22,23). The van der Waals surface area contributed by atoms with Gasteiger partial charge >= 0.3 is 0 Å². The number of benzene rings is 3. The van der Waals surface area contributed by atoms with Gasteiger partial charge in [0.15, 0.2) is 0 Å². The number of rotatable bonds is 3. The number of imidazole rings is 1. The molecule has 0 unspecified atom stereocenters. The topological polar surface area (TPSA) is 37.9 Å². The maximum absolute atomic E-state index is 5.30. The van der Waals surface area contributed by atoms with Gasteiger partial charge in [0, 0.05) is 0 Å². The number of hydrogen-bond acceptors (Lipinski definition) is 2. The molecule has 0 saturated carbocycles. The highest BCUT2D eigenvalue weighted by Crippen LogP contribution is 2.28. The Bertz CT molecular complexity index is 1000. The Kier molecular flexibility index (Phi) is 3.54. The molecule has 0 saturated heterocycles. The average Bonchev–Trinajstić information content (AvgIpc) is 3.01. The lowest BCUT2D eigenvalue weighted by Crippen LogP contribution is -1.84. The number of nitrogens with zero attached hydrogens (tertiary/aromatic N) is 1. The summed E-state index contributed by atoms with van der Waals surface area (Å²) < 4.78 is 5.30. The van der Waals surface area contributed by atoms with Crippen LogP contribution in [0.5, 0.6) is 5.75 Å². The fourth-order valence-corrected chi connectivity index (χ4v) is 2.97. The van der Waals surface area contributed by atoms with E-state index in [9.17, 15) is 0 Å². The van der Waals surface area contributed by atoms with Gasteiger partial charge in [-0.05, 0) is 53.4 Å². The van der Waals surface area contributed by atoms with Gasteiger partial charge < -0.3 is 9.72 Å². The third kappa shape index (κ3) is 2.65. The van der Waals surface area contributed by atoms with Crippen molar-refractivity contribution < 1.29 is 4.74 Å². The van der Waals surface area contributed by atoms with Crippen molar-refractivity contribution in [3.8, 4) is 28.0 Å². The van der Waals surface area contributed by atoms with Crippen molar-refractivity contribution in [1.29, 1.82) is 0 Å². The van der Waals surface area contributed by atoms with Gasteiger partial charge in [-0.15, -0.1) is 0 Å². The van der Waals surface area contributed by atoms with Crippen LogP contribution in [0.4, 0.5) is 0 Å². The molecule has 0 aliphatic heterocycles. The van der Waals surface area contributed by atoms with Crippen LogP contribution in [0.15, 0.2) is 66.7 Å². The van der Waals surface area contributed by atoms with Crippen molar-refractivity contribution in [1.82, 2.24) is 9.97 Å². The van der Waals surface area contributed by atoms with Gasteiger partial charge in [0.05, 0.1) is 18.1 Å². The van der Waals surface area contributed by atoms with E-state index in [-0.39, 0.29) is 0 Å². The van der Waals surface area contributed by atoms with Crippen molar-refractivity contribution in [3.63, 3.8) is 0 Å². The number of methoxy groups -OCH3 is 1. The average molecular weight is 314 g/mol. The van der Waals surface area contributed by atoms with E-state index in [1.807, 2.05) is 19.1 Å². The van der Waals surface area contributed by atoms with Gasteiger partial charge in [0.25, 0.3) is 0 Å². The molecule has 3 nitrogen and oxygen atoms in total. The first-order valence-corrected chi connectivity index (χ1v) is 7.94. The maximum atomic E-state index is 5.30. The Morgan fingerprint density at radius 3 is 2.17 bits per heavy atom. The van der Waals surface area contributed by atoms with Crippen LogP contribution in [0.1, 0.15) is 5.82 Å². The van der Waals surface area contributed by atoms with Gasteiger partial charge in [0.2, 0.25) is 0 Å². The summed E-state index contributed by atoms with van der Waals surface area (Å²) >= 11 is 0. The number of H-pyrrole nitrogens is 1. The highest BCUT2D eigenvalue weighted by molar-refractivity contribution is 5.82. The second-order valence-corrected chi connectivity index (χ2v) is 5.86. The first-order valence-electron chi connectivity index (χ1n) is 7.94. The summed E-state index contributed by atoms with van der Waals surface area (Å²) in [5.41, 5.74) is 6.78. The molecule has 0 aliphatic carbocycles. The lowest BCUT2D eigenvalue weighted by molar-refractivity contribution is 0.415. The molecule has 118 valence electrons. The second kappa shape index (κ2) is 5.85. The summed E-state index contributed by atoms with van der Waals surface area (Å²) in [7, 11) is 1.69. The van der Waals surface area contributed by atoms with Gasteiger partial charge in [-0.2, -0.15) is 0 Å². The minimum atomic E-state index is 0.872. The zero-order valence-electron chi connectivity index (χ0n) is 13.7. The molecule has 1 aromatic heterocycles. The van der Waals surface area contributed by atoms with Gasteiger partial charge in [0.1, 0.15) is 11.6 Å². The first-order chi connectivity index (χ1) is 11.7. The lowest BCUT2D eigenvalue weighted by atomic mass is 10.00. The minimum absolute atomic E-state index is 0.872. The summed E-state index contributed by atoms with van der Waals surface area (Å²) in [6.07, 6.45) is 0. The van der Waals surface area contributed by atoms with Gasteiger partial charge in [-0.1, -0.05) is 42.5 Å². The van der Waals surface area contributed by atoms with Crippen LogP contribution >= 0.6 is 0 Å². The fourth-order valence-electron chi connectivity index (χ4n) is 2.97. The number of aromatic nitrogens is 2. The first kappa shape index (κ1) is 14.5. The van der Waals surface area contributed by atoms with Crippen LogP contribution in [-0.2, 0) is 0 Å². The molecule has 0 spiro atoms. The Labute approximate surface area is 140 Å². The molecule has 24 heavy (non-hydrogen) atoms. The third-order valence-electron chi connectivity index (χ3n) is 4.22. The molecule has 0 aliphatic rings. The highest BCUT2D eigenvalue weighted by atomic mass is 16.5. The molecule has 0 radical (unpaired) electrons. The SMILES string of the molecule is COc1cccc(-c2ccc(-c3ccc4nc(C)[nH]c4c3)cc2)c1. The molecular formula is C21H18N2O. The number of hydrogen-bond donors (Lipinski definition) is 1. The molecule has 3 aromatic carbocycles. The summed E-state index contributed by atoms with van der Waals surface area (Å²) in [5.74, 6) is 1.81.